The predicted octanol–water partition coefficient (Wildman–Crippen LogP) is -0.611. The van der Waals surface area contributed by atoms with Crippen LogP contribution in [0.1, 0.15) is 0 Å². The highest BCUT2D eigenvalue weighted by Gasteiger charge is 2.11. The highest BCUT2D eigenvalue weighted by Crippen LogP contribution is 1.86. The van der Waals surface area contributed by atoms with E-state index >= 15 is 0 Å². The maximum atomic E-state index is 10.3. The Kier molecular flexibility index (Phi) is 4.57. The Balaban J connectivity index is 3.71. The monoisotopic (exact) mass is 162 g/mol. The van der Waals surface area contributed by atoms with Crippen molar-refractivity contribution in [1.29, 1.82) is 0 Å². The van der Waals surface area contributed by atoms with E-state index in [1.807, 2.05) is 0 Å². The van der Waals surface area contributed by atoms with Gasteiger partial charge in [0.1, 0.15) is 6.04 Å². The van der Waals surface area contributed by atoms with Crippen LogP contribution in [0.25, 0.3) is 0 Å². The molecule has 0 heterocycles. The summed E-state index contributed by atoms with van der Waals surface area (Å²) in [6, 6.07) is -0.664. The Morgan fingerprint density at radius 3 is 2.80 bits per heavy atom. The summed E-state index contributed by atoms with van der Waals surface area (Å²) < 4.78 is 0. The van der Waals surface area contributed by atoms with E-state index < -0.39 is 12.0 Å². The van der Waals surface area contributed by atoms with Gasteiger partial charge in [0.25, 0.3) is 0 Å². The number of carbonyl (C=O) groups is 1. The molecule has 0 unspecified atom stereocenters. The topological polar surface area (TPSA) is 75.3 Å². The van der Waals surface area contributed by atoms with Gasteiger partial charge in [0.15, 0.2) is 0 Å². The molecule has 0 aliphatic heterocycles. The zero-order chi connectivity index (χ0) is 7.98. The Morgan fingerprint density at radius 2 is 2.50 bits per heavy atom. The Labute approximate surface area is 64.5 Å². The summed E-state index contributed by atoms with van der Waals surface area (Å²) in [5.41, 5.74) is 4.97. The number of carboxylic acids is 1. The molecule has 0 saturated carbocycles. The van der Waals surface area contributed by atoms with Crippen LogP contribution in [0.15, 0.2) is 12.4 Å². The van der Waals surface area contributed by atoms with Crippen LogP contribution in [0.5, 0.6) is 0 Å². The second-order valence-electron chi connectivity index (χ2n) is 1.60. The Bertz CT molecular complexity index is 138. The van der Waals surface area contributed by atoms with Gasteiger partial charge in [-0.25, -0.2) is 4.79 Å². The van der Waals surface area contributed by atoms with Crippen molar-refractivity contribution in [2.45, 2.75) is 6.04 Å². The first-order valence-electron chi connectivity index (χ1n) is 2.68. The molecule has 0 saturated heterocycles. The molecule has 0 amide bonds. The van der Waals surface area contributed by atoms with Crippen LogP contribution >= 0.6 is 12.6 Å². The van der Waals surface area contributed by atoms with Gasteiger partial charge in [0.05, 0.1) is 0 Å². The molecular formula is C5H10N2O2S. The Hall–Kier alpha value is -0.840. The molecule has 4 N–H and O–H groups in total. The molecule has 10 heavy (non-hydrogen) atoms. The lowest BCUT2D eigenvalue weighted by atomic mass is 10.3. The number of hydrogen-bond acceptors (Lipinski definition) is 4. The van der Waals surface area contributed by atoms with E-state index in [1.54, 1.807) is 0 Å². The molecule has 1 atom stereocenters. The fourth-order valence-electron chi connectivity index (χ4n) is 0.374. The third-order valence-corrected chi connectivity index (χ3v) is 1.24. The largest absolute Gasteiger partial charge is 0.480 e. The first-order valence-corrected chi connectivity index (χ1v) is 3.32. The van der Waals surface area contributed by atoms with Crippen molar-refractivity contribution in [3.63, 3.8) is 0 Å². The average molecular weight is 162 g/mol. The lowest BCUT2D eigenvalue weighted by Gasteiger charge is -2.07. The van der Waals surface area contributed by atoms with Gasteiger partial charge in [0, 0.05) is 18.2 Å². The number of rotatable bonds is 4. The van der Waals surface area contributed by atoms with Gasteiger partial charge in [-0.15, -0.1) is 0 Å². The summed E-state index contributed by atoms with van der Waals surface area (Å²) in [6.07, 6.45) is 2.61. The third kappa shape index (κ3) is 3.24. The van der Waals surface area contributed by atoms with Crippen LogP contribution in [0, 0.1) is 0 Å². The number of hydrogen-bond donors (Lipinski definition) is 4. The minimum atomic E-state index is -0.937. The summed E-state index contributed by atoms with van der Waals surface area (Å²) in [6.45, 7) is 0. The Morgan fingerprint density at radius 1 is 1.90 bits per heavy atom. The molecule has 0 aliphatic carbocycles. The third-order valence-electron chi connectivity index (χ3n) is 0.874. The van der Waals surface area contributed by atoms with Crippen LogP contribution in [-0.2, 0) is 4.79 Å². The van der Waals surface area contributed by atoms with Gasteiger partial charge in [-0.1, -0.05) is 0 Å². The maximum absolute atomic E-state index is 10.3. The minimum absolute atomic E-state index is 0.236. The van der Waals surface area contributed by atoms with Crippen molar-refractivity contribution in [3.8, 4) is 0 Å². The van der Waals surface area contributed by atoms with Crippen LogP contribution in [0.3, 0.4) is 0 Å². The number of carboxylic acid groups (broad SMARTS) is 1. The standard InChI is InChI=1S/C5H10N2O2S/c6-1-2-7-4(3-10)5(8)9/h1-2,4,7,10H,3,6H2,(H,8,9)/t4-/m0/s1. The van der Waals surface area contributed by atoms with Gasteiger partial charge >= 0.3 is 5.97 Å². The van der Waals surface area contributed by atoms with E-state index in [0.717, 1.165) is 0 Å². The van der Waals surface area contributed by atoms with E-state index in [0.29, 0.717) is 0 Å². The highest BCUT2D eigenvalue weighted by molar-refractivity contribution is 7.80. The molecule has 0 aliphatic rings. The molecule has 0 spiro atoms. The summed E-state index contributed by atoms with van der Waals surface area (Å²) in [5, 5.41) is 11.0. The molecular weight excluding hydrogens is 152 g/mol. The lowest BCUT2D eigenvalue weighted by Crippen LogP contribution is -2.34. The van der Waals surface area contributed by atoms with Gasteiger partial charge in [-0.3, -0.25) is 0 Å². The molecule has 0 aromatic carbocycles. The first-order chi connectivity index (χ1) is 4.72. The predicted molar refractivity (Wildman–Crippen MR) is 41.7 cm³/mol. The van der Waals surface area contributed by atoms with E-state index in [1.165, 1.54) is 12.4 Å². The number of nitrogens with two attached hydrogens (primary N) is 1. The van der Waals surface area contributed by atoms with E-state index in [9.17, 15) is 4.79 Å². The molecule has 4 nitrogen and oxygen atoms in total. The summed E-state index contributed by atoms with van der Waals surface area (Å²) >= 11 is 3.81. The molecule has 0 bridgehead atoms. The zero-order valence-corrected chi connectivity index (χ0v) is 6.21. The van der Waals surface area contributed by atoms with E-state index in [2.05, 4.69) is 17.9 Å². The lowest BCUT2D eigenvalue weighted by molar-refractivity contribution is -0.138. The van der Waals surface area contributed by atoms with Crippen molar-refractivity contribution in [2.24, 2.45) is 5.73 Å². The molecule has 0 aromatic heterocycles. The van der Waals surface area contributed by atoms with Crippen LogP contribution in [-0.4, -0.2) is 22.9 Å². The molecule has 0 rings (SSSR count). The van der Waals surface area contributed by atoms with Gasteiger partial charge < -0.3 is 16.2 Å². The summed E-state index contributed by atoms with van der Waals surface area (Å²) in [7, 11) is 0. The van der Waals surface area contributed by atoms with Crippen molar-refractivity contribution in [1.82, 2.24) is 5.32 Å². The smallest absolute Gasteiger partial charge is 0.326 e. The van der Waals surface area contributed by atoms with Crippen molar-refractivity contribution < 1.29 is 9.90 Å². The normalized spacial score (nSPS) is 13.3. The molecule has 5 heteroatoms. The fraction of sp³-hybridized carbons (Fsp3) is 0.400. The zero-order valence-electron chi connectivity index (χ0n) is 5.32. The van der Waals surface area contributed by atoms with Crippen LogP contribution in [0.2, 0.25) is 0 Å². The SMILES string of the molecule is NC=CN[C@@H](CS)C(=O)O. The highest BCUT2D eigenvalue weighted by atomic mass is 32.1. The number of aliphatic carboxylic acids is 1. The summed E-state index contributed by atoms with van der Waals surface area (Å²) in [5.74, 6) is -0.701. The van der Waals surface area contributed by atoms with Crippen molar-refractivity contribution in [3.05, 3.63) is 12.4 Å². The number of thiol groups is 1. The van der Waals surface area contributed by atoms with Crippen LogP contribution in [0.4, 0.5) is 0 Å². The van der Waals surface area contributed by atoms with Gasteiger partial charge in [-0.05, 0) is 0 Å². The van der Waals surface area contributed by atoms with Crippen LogP contribution < -0.4 is 11.1 Å². The molecule has 58 valence electrons. The maximum Gasteiger partial charge on any atom is 0.326 e. The van der Waals surface area contributed by atoms with Crippen molar-refractivity contribution >= 4 is 18.6 Å². The number of nitrogens with one attached hydrogen (secondary N) is 1. The average Bonchev–Trinajstić information content (AvgIpc) is 1.89. The van der Waals surface area contributed by atoms with Crippen molar-refractivity contribution in [2.75, 3.05) is 5.75 Å². The fourth-order valence-corrected chi connectivity index (χ4v) is 0.635. The quantitative estimate of drug-likeness (QED) is 0.416. The van der Waals surface area contributed by atoms with E-state index in [-0.39, 0.29) is 5.75 Å². The molecule has 0 radical (unpaired) electrons. The minimum Gasteiger partial charge on any atom is -0.480 e. The second kappa shape index (κ2) is 4.99. The summed E-state index contributed by atoms with van der Waals surface area (Å²) in [4.78, 5) is 10.3. The first kappa shape index (κ1) is 9.16. The molecule has 0 fully saturated rings. The molecule has 0 aromatic rings. The van der Waals surface area contributed by atoms with Gasteiger partial charge in [0.2, 0.25) is 0 Å². The van der Waals surface area contributed by atoms with Gasteiger partial charge in [-0.2, -0.15) is 12.6 Å². The second-order valence-corrected chi connectivity index (χ2v) is 1.96. The van der Waals surface area contributed by atoms with E-state index in [4.69, 9.17) is 10.8 Å².